The quantitative estimate of drug-likeness (QED) is 0.377. The lowest BCUT2D eigenvalue weighted by Gasteiger charge is -1.93. The first-order valence-corrected chi connectivity index (χ1v) is 6.34. The summed E-state index contributed by atoms with van der Waals surface area (Å²) in [5.74, 6) is 0. The van der Waals surface area contributed by atoms with Crippen LogP contribution in [0.5, 0.6) is 0 Å². The highest BCUT2D eigenvalue weighted by atomic mass is 13.9. The fourth-order valence-corrected chi connectivity index (χ4v) is 0.262. The van der Waals surface area contributed by atoms with Crippen LogP contribution in [0.25, 0.3) is 0 Å². The zero-order valence-electron chi connectivity index (χ0n) is 13.3. The van der Waals surface area contributed by atoms with E-state index in [1.54, 1.807) is 18.2 Å². The molecule has 0 aromatic heterocycles. The summed E-state index contributed by atoms with van der Waals surface area (Å²) in [6, 6.07) is 0. The first kappa shape index (κ1) is 29.6. The molecule has 0 bridgehead atoms. The molecule has 0 N–H and O–H groups in total. The summed E-state index contributed by atoms with van der Waals surface area (Å²) in [4.78, 5) is 0. The fourth-order valence-electron chi connectivity index (χ4n) is 0.262. The SMILES string of the molecule is C=CC.C=CC(=C)C(=C)C=C.CC.CC.CC. The van der Waals surface area contributed by atoms with Gasteiger partial charge in [0.1, 0.15) is 0 Å². The zero-order valence-corrected chi connectivity index (χ0v) is 13.3. The molecule has 0 saturated carbocycles. The third-order valence-corrected chi connectivity index (χ3v) is 0.905. The summed E-state index contributed by atoms with van der Waals surface area (Å²) < 4.78 is 0. The summed E-state index contributed by atoms with van der Waals surface area (Å²) in [5, 5.41) is 0. The molecule has 0 nitrogen and oxygen atoms in total. The number of rotatable bonds is 3. The number of allylic oxidation sites excluding steroid dienone is 5. The lowest BCUT2D eigenvalue weighted by molar-refractivity contribution is 1.50. The smallest absolute Gasteiger partial charge is 0.0268 e. The third kappa shape index (κ3) is 52.8. The van der Waals surface area contributed by atoms with Gasteiger partial charge in [-0.3, -0.25) is 0 Å². The fraction of sp³-hybridized carbons (Fsp3) is 0.412. The molecular weight excluding hydrogens is 204 g/mol. The van der Waals surface area contributed by atoms with E-state index in [4.69, 9.17) is 0 Å². The molecule has 0 atom stereocenters. The van der Waals surface area contributed by atoms with Gasteiger partial charge >= 0.3 is 0 Å². The first-order chi connectivity index (χ1) is 8.13. The minimum Gasteiger partial charge on any atom is -0.103 e. The molecule has 0 aromatic carbocycles. The highest BCUT2D eigenvalue weighted by Crippen LogP contribution is 2.04. The zero-order chi connectivity index (χ0) is 15.3. The average Bonchev–Trinajstić information content (AvgIpc) is 2.44. The largest absolute Gasteiger partial charge is 0.103 e. The molecule has 0 aromatic rings. The van der Waals surface area contributed by atoms with Gasteiger partial charge in [-0.05, 0) is 18.1 Å². The topological polar surface area (TPSA) is 0 Å². The van der Waals surface area contributed by atoms with Gasteiger partial charge in [-0.2, -0.15) is 0 Å². The molecule has 0 aliphatic rings. The van der Waals surface area contributed by atoms with Gasteiger partial charge in [-0.1, -0.05) is 86.1 Å². The van der Waals surface area contributed by atoms with Crippen molar-refractivity contribution in [3.05, 3.63) is 62.3 Å². The van der Waals surface area contributed by atoms with Gasteiger partial charge in [0.2, 0.25) is 0 Å². The van der Waals surface area contributed by atoms with Crippen LogP contribution >= 0.6 is 0 Å². The Morgan fingerprint density at radius 1 is 0.647 bits per heavy atom. The van der Waals surface area contributed by atoms with Crippen LogP contribution in [0, 0.1) is 0 Å². The van der Waals surface area contributed by atoms with E-state index in [-0.39, 0.29) is 0 Å². The Kier molecular flexibility index (Phi) is 81.1. The van der Waals surface area contributed by atoms with Gasteiger partial charge in [0.25, 0.3) is 0 Å². The van der Waals surface area contributed by atoms with Crippen LogP contribution in [0.4, 0.5) is 0 Å². The van der Waals surface area contributed by atoms with Crippen molar-refractivity contribution in [1.82, 2.24) is 0 Å². The molecule has 102 valence electrons. The average molecular weight is 238 g/mol. The molecule has 0 unspecified atom stereocenters. The molecule has 0 heteroatoms. The summed E-state index contributed by atoms with van der Waals surface area (Å²) >= 11 is 0. The van der Waals surface area contributed by atoms with E-state index in [0.717, 1.165) is 11.1 Å². The molecule has 0 aliphatic carbocycles. The highest BCUT2D eigenvalue weighted by molar-refractivity contribution is 5.40. The standard InChI is InChI=1S/C8H10.C3H6.3C2H6/c1-5-7(3)8(4)6-2;1-3-2;3*1-2/h5-6H,1-4H2;3H,1H2,2H3;3*1-2H3. The molecular formula is C17H34. The Bertz CT molecular complexity index is 152. The normalized spacial score (nSPS) is 5.35. The van der Waals surface area contributed by atoms with Crippen LogP contribution in [-0.4, -0.2) is 0 Å². The van der Waals surface area contributed by atoms with E-state index in [2.05, 4.69) is 32.9 Å². The van der Waals surface area contributed by atoms with Crippen LogP contribution in [0.3, 0.4) is 0 Å². The van der Waals surface area contributed by atoms with E-state index in [1.807, 2.05) is 48.5 Å². The van der Waals surface area contributed by atoms with E-state index in [0.29, 0.717) is 0 Å². The van der Waals surface area contributed by atoms with E-state index >= 15 is 0 Å². The summed E-state index contributed by atoms with van der Waals surface area (Å²) in [6.45, 7) is 31.6. The predicted octanol–water partition coefficient (Wildman–Crippen LogP) is 6.74. The predicted molar refractivity (Wildman–Crippen MR) is 88.6 cm³/mol. The van der Waals surface area contributed by atoms with Crippen LogP contribution in [0.1, 0.15) is 48.5 Å². The second-order valence-electron chi connectivity index (χ2n) is 1.87. The van der Waals surface area contributed by atoms with Crippen molar-refractivity contribution in [2.45, 2.75) is 48.5 Å². The van der Waals surface area contributed by atoms with Crippen molar-refractivity contribution >= 4 is 0 Å². The lowest BCUT2D eigenvalue weighted by Crippen LogP contribution is -1.73. The van der Waals surface area contributed by atoms with E-state index in [1.165, 1.54) is 0 Å². The van der Waals surface area contributed by atoms with Crippen molar-refractivity contribution in [2.24, 2.45) is 0 Å². The molecule has 0 spiro atoms. The maximum Gasteiger partial charge on any atom is -0.0268 e. The van der Waals surface area contributed by atoms with Crippen molar-refractivity contribution in [2.75, 3.05) is 0 Å². The Balaban J connectivity index is -0.0000000448. The Morgan fingerprint density at radius 2 is 0.765 bits per heavy atom. The van der Waals surface area contributed by atoms with Crippen LogP contribution in [0.2, 0.25) is 0 Å². The maximum atomic E-state index is 3.66. The molecule has 0 rings (SSSR count). The van der Waals surface area contributed by atoms with Gasteiger partial charge in [0.15, 0.2) is 0 Å². The van der Waals surface area contributed by atoms with Gasteiger partial charge in [-0.25, -0.2) is 0 Å². The monoisotopic (exact) mass is 238 g/mol. The molecule has 0 radical (unpaired) electrons. The third-order valence-electron chi connectivity index (χ3n) is 0.905. The van der Waals surface area contributed by atoms with Crippen LogP contribution in [-0.2, 0) is 0 Å². The van der Waals surface area contributed by atoms with Gasteiger partial charge in [0.05, 0.1) is 0 Å². The molecule has 17 heavy (non-hydrogen) atoms. The van der Waals surface area contributed by atoms with Gasteiger partial charge in [-0.15, -0.1) is 6.58 Å². The van der Waals surface area contributed by atoms with Crippen molar-refractivity contribution < 1.29 is 0 Å². The summed E-state index contributed by atoms with van der Waals surface area (Å²) in [5.41, 5.74) is 1.67. The summed E-state index contributed by atoms with van der Waals surface area (Å²) in [7, 11) is 0. The van der Waals surface area contributed by atoms with Gasteiger partial charge in [0, 0.05) is 0 Å². The van der Waals surface area contributed by atoms with Crippen LogP contribution < -0.4 is 0 Å². The maximum absolute atomic E-state index is 3.66. The lowest BCUT2D eigenvalue weighted by atomic mass is 10.1. The molecule has 0 amide bonds. The highest BCUT2D eigenvalue weighted by Gasteiger charge is 1.84. The minimum absolute atomic E-state index is 0.833. The minimum atomic E-state index is 0.833. The van der Waals surface area contributed by atoms with Crippen molar-refractivity contribution in [3.63, 3.8) is 0 Å². The van der Waals surface area contributed by atoms with Gasteiger partial charge < -0.3 is 0 Å². The van der Waals surface area contributed by atoms with E-state index < -0.39 is 0 Å². The number of hydrogen-bond acceptors (Lipinski definition) is 0. The Labute approximate surface area is 111 Å². The second kappa shape index (κ2) is 46.5. The van der Waals surface area contributed by atoms with Crippen molar-refractivity contribution in [3.8, 4) is 0 Å². The molecule has 0 aliphatic heterocycles. The number of hydrogen-bond donors (Lipinski definition) is 0. The first-order valence-electron chi connectivity index (χ1n) is 6.34. The van der Waals surface area contributed by atoms with E-state index in [9.17, 15) is 0 Å². The van der Waals surface area contributed by atoms with Crippen molar-refractivity contribution in [1.29, 1.82) is 0 Å². The van der Waals surface area contributed by atoms with Crippen LogP contribution in [0.15, 0.2) is 62.3 Å². The summed E-state index contributed by atoms with van der Waals surface area (Å²) in [6.07, 6.45) is 5.06. The second-order valence-corrected chi connectivity index (χ2v) is 1.87. The molecule has 0 heterocycles. The molecule has 0 fully saturated rings. The Morgan fingerprint density at radius 3 is 0.824 bits per heavy atom. The molecule has 0 saturated heterocycles. The Hall–Kier alpha value is -1.30.